The molecule has 0 unspecified atom stereocenters. The molecule has 13 rings (SSSR count). The Bertz CT molecular complexity index is 3910. The molecule has 1 aliphatic rings. The van der Waals surface area contributed by atoms with Gasteiger partial charge in [0.2, 0.25) is 0 Å². The van der Waals surface area contributed by atoms with Crippen LogP contribution in [0.1, 0.15) is 6.85 Å². The number of hydrogen-bond donors (Lipinski definition) is 0. The Morgan fingerprint density at radius 3 is 2.05 bits per heavy atom. The molecule has 4 nitrogen and oxygen atoms in total. The standard InChI is InChI=1S/C52H30N4/c1-3-15-33(16-4-1)50-52(53-40-28-26-31-14-7-8-20-35(31)51(40)54-50)56-42-29-27-32-17-13-24-37-36-21-9-10-22-38(36)47-46-39-23-11-12-25-41(39)55(34-18-5-2-6-19-34)43(46)30-44(56)49(47)48(42)45(32)37/h1-30H/i1D,3D,4D,15D,16D. The monoisotopic (exact) mass is 715 g/mol. The van der Waals surface area contributed by atoms with E-state index in [4.69, 9.17) is 14.1 Å². The molecule has 0 fully saturated rings. The van der Waals surface area contributed by atoms with Crippen LogP contribution in [0.5, 0.6) is 0 Å². The van der Waals surface area contributed by atoms with E-state index in [2.05, 4.69) is 118 Å². The number of benzene rings is 9. The zero-order valence-electron chi connectivity index (χ0n) is 34.7. The summed E-state index contributed by atoms with van der Waals surface area (Å²) in [5.74, 6) is 0.375. The normalized spacial score (nSPS) is 13.5. The Kier molecular flexibility index (Phi) is 5.00. The summed E-state index contributed by atoms with van der Waals surface area (Å²) in [5, 5.41) is 8.39. The fourth-order valence-corrected chi connectivity index (χ4v) is 9.47. The summed E-state index contributed by atoms with van der Waals surface area (Å²) in [6.45, 7) is 0. The van der Waals surface area contributed by atoms with Gasteiger partial charge in [0, 0.05) is 43.7 Å². The van der Waals surface area contributed by atoms with Crippen LogP contribution >= 0.6 is 0 Å². The van der Waals surface area contributed by atoms with Gasteiger partial charge in [-0.05, 0) is 69.2 Å². The van der Waals surface area contributed by atoms with Crippen molar-refractivity contribution in [3.8, 4) is 45.0 Å². The highest BCUT2D eigenvalue weighted by atomic mass is 15.1. The molecular formula is C52H30N4. The van der Waals surface area contributed by atoms with Crippen molar-refractivity contribution in [2.24, 2.45) is 0 Å². The average Bonchev–Trinajstić information content (AvgIpc) is 3.77. The first-order valence-electron chi connectivity index (χ1n) is 21.3. The highest BCUT2D eigenvalue weighted by Crippen LogP contribution is 2.54. The molecule has 0 bridgehead atoms. The smallest absolute Gasteiger partial charge is 0.165 e. The highest BCUT2D eigenvalue weighted by Gasteiger charge is 2.30. The number of rotatable bonds is 3. The molecular weight excluding hydrogens is 681 g/mol. The molecule has 0 saturated heterocycles. The van der Waals surface area contributed by atoms with Gasteiger partial charge in [-0.15, -0.1) is 0 Å². The quantitative estimate of drug-likeness (QED) is 0.171. The number of fused-ring (bicyclic) bond motifs is 10. The van der Waals surface area contributed by atoms with Crippen molar-refractivity contribution in [2.45, 2.75) is 0 Å². The second-order valence-corrected chi connectivity index (χ2v) is 14.5. The molecule has 258 valence electrons. The van der Waals surface area contributed by atoms with Crippen molar-refractivity contribution < 1.29 is 6.85 Å². The summed E-state index contributed by atoms with van der Waals surface area (Å²) in [7, 11) is 0. The van der Waals surface area contributed by atoms with Crippen LogP contribution < -0.4 is 0 Å². The number of para-hydroxylation sites is 2. The first-order chi connectivity index (χ1) is 29.9. The third-order valence-corrected chi connectivity index (χ3v) is 11.7. The Labute approximate surface area is 328 Å². The second kappa shape index (κ2) is 11.0. The molecule has 3 aromatic heterocycles. The van der Waals surface area contributed by atoms with Crippen molar-refractivity contribution in [2.75, 3.05) is 0 Å². The Morgan fingerprint density at radius 2 is 1.16 bits per heavy atom. The maximum Gasteiger partial charge on any atom is 0.165 e. The second-order valence-electron chi connectivity index (χ2n) is 14.5. The maximum atomic E-state index is 9.29. The molecule has 0 aliphatic heterocycles. The largest absolute Gasteiger partial charge is 0.309 e. The zero-order valence-corrected chi connectivity index (χ0v) is 29.7. The maximum absolute atomic E-state index is 9.29. The topological polar surface area (TPSA) is 35.6 Å². The SMILES string of the molecule is [2H]c1c([2H])c([2H])c(-c2nc3c(ccc4ccccc43)nc2-n2c3cc4c(c5c3c3c6c(cccc6ccc32)-c2ccccc2-5)c2ccccc2n4-c2ccccc2)c([2H])c1[2H]. The summed E-state index contributed by atoms with van der Waals surface area (Å²) in [4.78, 5) is 10.8. The first kappa shape index (κ1) is 25.5. The summed E-state index contributed by atoms with van der Waals surface area (Å²) in [5.41, 5.74) is 10.7. The van der Waals surface area contributed by atoms with E-state index in [0.29, 0.717) is 16.9 Å². The van der Waals surface area contributed by atoms with Gasteiger partial charge in [-0.25, -0.2) is 9.97 Å². The van der Waals surface area contributed by atoms with E-state index >= 15 is 0 Å². The van der Waals surface area contributed by atoms with Gasteiger partial charge in [-0.3, -0.25) is 4.57 Å². The molecule has 1 aliphatic carbocycles. The summed E-state index contributed by atoms with van der Waals surface area (Å²) in [6, 6.07) is 50.6. The van der Waals surface area contributed by atoms with E-state index in [-0.39, 0.29) is 23.3 Å². The van der Waals surface area contributed by atoms with Gasteiger partial charge in [0.1, 0.15) is 5.69 Å². The van der Waals surface area contributed by atoms with Crippen molar-refractivity contribution in [1.82, 2.24) is 19.1 Å². The first-order valence-corrected chi connectivity index (χ1v) is 18.8. The minimum absolute atomic E-state index is 0.00282. The van der Waals surface area contributed by atoms with Crippen LogP contribution in [-0.4, -0.2) is 19.1 Å². The van der Waals surface area contributed by atoms with Crippen LogP contribution in [0.15, 0.2) is 182 Å². The predicted molar refractivity (Wildman–Crippen MR) is 233 cm³/mol. The van der Waals surface area contributed by atoms with Crippen molar-refractivity contribution in [3.63, 3.8) is 0 Å². The van der Waals surface area contributed by atoms with Gasteiger partial charge in [-0.2, -0.15) is 0 Å². The van der Waals surface area contributed by atoms with Gasteiger partial charge in [0.05, 0.1) is 40.0 Å². The van der Waals surface area contributed by atoms with E-state index in [1.54, 1.807) is 0 Å². The van der Waals surface area contributed by atoms with Crippen LogP contribution in [0.3, 0.4) is 0 Å². The molecule has 0 atom stereocenters. The van der Waals surface area contributed by atoms with Gasteiger partial charge in [0.25, 0.3) is 0 Å². The van der Waals surface area contributed by atoms with Crippen molar-refractivity contribution in [1.29, 1.82) is 0 Å². The molecule has 4 heteroatoms. The Hall–Kier alpha value is -7.56. The van der Waals surface area contributed by atoms with Crippen molar-refractivity contribution >= 4 is 76.2 Å². The Balaban J connectivity index is 1.32. The van der Waals surface area contributed by atoms with Crippen LogP contribution in [0.2, 0.25) is 0 Å². The minimum atomic E-state index is -0.461. The van der Waals surface area contributed by atoms with Gasteiger partial charge < -0.3 is 4.57 Å². The molecule has 3 heterocycles. The average molecular weight is 716 g/mol. The van der Waals surface area contributed by atoms with Gasteiger partial charge in [-0.1, -0.05) is 145 Å². The lowest BCUT2D eigenvalue weighted by atomic mass is 9.91. The third-order valence-electron chi connectivity index (χ3n) is 11.7. The van der Waals surface area contributed by atoms with Crippen LogP contribution in [0.25, 0.3) is 121 Å². The third kappa shape index (κ3) is 3.87. The number of hydrogen-bond acceptors (Lipinski definition) is 2. The van der Waals surface area contributed by atoms with Gasteiger partial charge in [0.15, 0.2) is 5.82 Å². The van der Waals surface area contributed by atoms with E-state index in [1.165, 1.54) is 0 Å². The van der Waals surface area contributed by atoms with Crippen LogP contribution in [0.4, 0.5) is 0 Å². The number of aromatic nitrogens is 4. The molecule has 56 heavy (non-hydrogen) atoms. The van der Waals surface area contributed by atoms with Crippen LogP contribution in [0, 0.1) is 0 Å². The minimum Gasteiger partial charge on any atom is -0.309 e. The fraction of sp³-hybridized carbons (Fsp3) is 0. The summed E-state index contributed by atoms with van der Waals surface area (Å²) in [6.07, 6.45) is 0. The van der Waals surface area contributed by atoms with E-state index in [0.717, 1.165) is 93.1 Å². The zero-order chi connectivity index (χ0) is 40.8. The lowest BCUT2D eigenvalue weighted by molar-refractivity contribution is 1.08. The van der Waals surface area contributed by atoms with E-state index in [1.807, 2.05) is 42.5 Å². The summed E-state index contributed by atoms with van der Waals surface area (Å²) < 4.78 is 49.1. The lowest BCUT2D eigenvalue weighted by Gasteiger charge is -2.17. The molecule has 0 saturated carbocycles. The van der Waals surface area contributed by atoms with Crippen molar-refractivity contribution in [3.05, 3.63) is 182 Å². The molecule has 0 spiro atoms. The molecule has 12 aromatic rings. The molecule has 9 aromatic carbocycles. The highest BCUT2D eigenvalue weighted by molar-refractivity contribution is 6.36. The predicted octanol–water partition coefficient (Wildman–Crippen LogP) is 13.4. The molecule has 0 radical (unpaired) electrons. The van der Waals surface area contributed by atoms with E-state index in [9.17, 15) is 2.74 Å². The van der Waals surface area contributed by atoms with E-state index < -0.39 is 18.1 Å². The fourth-order valence-electron chi connectivity index (χ4n) is 9.47. The molecule has 0 amide bonds. The number of nitrogens with zero attached hydrogens (tertiary/aromatic N) is 4. The van der Waals surface area contributed by atoms with Crippen LogP contribution in [-0.2, 0) is 0 Å². The summed E-state index contributed by atoms with van der Waals surface area (Å²) >= 11 is 0. The van der Waals surface area contributed by atoms with Gasteiger partial charge >= 0.3 is 0 Å². The lowest BCUT2D eigenvalue weighted by Crippen LogP contribution is -2.04. The molecule has 0 N–H and O–H groups in total. The Morgan fingerprint density at radius 1 is 0.446 bits per heavy atom.